The van der Waals surface area contributed by atoms with E-state index in [0.29, 0.717) is 6.54 Å². The molecule has 18 heavy (non-hydrogen) atoms. The predicted molar refractivity (Wildman–Crippen MR) is 71.3 cm³/mol. The summed E-state index contributed by atoms with van der Waals surface area (Å²) in [5.74, 6) is 0. The van der Waals surface area contributed by atoms with Gasteiger partial charge in [0.25, 0.3) is 0 Å². The monoisotopic (exact) mass is 251 g/mol. The fraction of sp³-hybridized carbons (Fsp3) is 0.429. The molecule has 0 aliphatic rings. The number of carbonyl (C=O) groups is 2. The minimum Gasteiger partial charge on any atom is -0.444 e. The minimum atomic E-state index is -0.444. The summed E-state index contributed by atoms with van der Waals surface area (Å²) >= 11 is 0. The second-order valence-corrected chi connectivity index (χ2v) is 4.58. The molecule has 0 atom stereocenters. The lowest BCUT2D eigenvalue weighted by Gasteiger charge is -2.19. The second-order valence-electron chi connectivity index (χ2n) is 4.58. The van der Waals surface area contributed by atoms with Crippen LogP contribution < -0.4 is 5.32 Å². The fourth-order valence-corrected chi connectivity index (χ4v) is 1.08. The maximum absolute atomic E-state index is 11.3. The van der Waals surface area contributed by atoms with E-state index in [-0.39, 0.29) is 6.09 Å². The highest BCUT2D eigenvalue weighted by atomic mass is 16.6. The molecular formula is C14H21NO3. The molecule has 0 fully saturated rings. The Morgan fingerprint density at radius 1 is 1.28 bits per heavy atom. The summed E-state index contributed by atoms with van der Waals surface area (Å²) in [7, 11) is 0. The molecular weight excluding hydrogens is 230 g/mol. The van der Waals surface area contributed by atoms with E-state index in [1.54, 1.807) is 0 Å². The number of alkyl carbamates (subject to hydrolysis) is 1. The Balaban J connectivity index is 0.000000873. The molecule has 1 amide bonds. The first kappa shape index (κ1) is 16.2. The number of hydrogen-bond donors (Lipinski definition) is 1. The summed E-state index contributed by atoms with van der Waals surface area (Å²) < 4.78 is 5.11. The smallest absolute Gasteiger partial charge is 0.407 e. The van der Waals surface area contributed by atoms with Crippen molar-refractivity contribution in [2.75, 3.05) is 0 Å². The van der Waals surface area contributed by atoms with Crippen LogP contribution in [0.4, 0.5) is 4.79 Å². The van der Waals surface area contributed by atoms with E-state index in [1.807, 2.05) is 51.1 Å². The third kappa shape index (κ3) is 9.39. The summed E-state index contributed by atoms with van der Waals surface area (Å²) in [4.78, 5) is 20.1. The third-order valence-electron chi connectivity index (χ3n) is 1.68. The zero-order valence-corrected chi connectivity index (χ0v) is 11.4. The Kier molecular flexibility index (Phi) is 7.43. The maximum atomic E-state index is 11.3. The fourth-order valence-electron chi connectivity index (χ4n) is 1.08. The van der Waals surface area contributed by atoms with Crippen LogP contribution in [-0.2, 0) is 16.1 Å². The van der Waals surface area contributed by atoms with Crippen LogP contribution in [-0.4, -0.2) is 18.0 Å². The van der Waals surface area contributed by atoms with Gasteiger partial charge in [-0.25, -0.2) is 4.79 Å². The lowest BCUT2D eigenvalue weighted by molar-refractivity contribution is -0.106. The molecule has 1 aromatic carbocycles. The standard InChI is InChI=1S/C12H17NO2.C2H4O/c1-12(2,3)15-11(14)13-9-10-7-5-4-6-8-10;1-2-3/h4-8H,9H2,1-3H3,(H,13,14);2H,1H3. The van der Waals surface area contributed by atoms with Crippen LogP contribution in [0.25, 0.3) is 0 Å². The Labute approximate surface area is 108 Å². The summed E-state index contributed by atoms with van der Waals surface area (Å²) in [6.07, 6.45) is 0.367. The van der Waals surface area contributed by atoms with E-state index >= 15 is 0 Å². The summed E-state index contributed by atoms with van der Waals surface area (Å²) in [5, 5.41) is 2.69. The molecule has 0 heterocycles. The molecule has 4 nitrogen and oxygen atoms in total. The number of ether oxygens (including phenoxy) is 1. The normalized spacial score (nSPS) is 9.78. The van der Waals surface area contributed by atoms with E-state index in [4.69, 9.17) is 9.53 Å². The molecule has 4 heteroatoms. The Hall–Kier alpha value is -1.84. The predicted octanol–water partition coefficient (Wildman–Crippen LogP) is 2.92. The van der Waals surface area contributed by atoms with Gasteiger partial charge in [0.2, 0.25) is 0 Å². The van der Waals surface area contributed by atoms with Crippen LogP contribution in [0.5, 0.6) is 0 Å². The number of hydrogen-bond acceptors (Lipinski definition) is 3. The Bertz CT molecular complexity index is 355. The molecule has 0 saturated heterocycles. The van der Waals surface area contributed by atoms with Gasteiger partial charge in [0.1, 0.15) is 11.9 Å². The van der Waals surface area contributed by atoms with Crippen molar-refractivity contribution in [1.82, 2.24) is 5.32 Å². The van der Waals surface area contributed by atoms with Gasteiger partial charge >= 0.3 is 6.09 Å². The Morgan fingerprint density at radius 2 is 1.78 bits per heavy atom. The molecule has 0 bridgehead atoms. The van der Waals surface area contributed by atoms with E-state index in [2.05, 4.69) is 5.32 Å². The van der Waals surface area contributed by atoms with E-state index in [0.717, 1.165) is 11.8 Å². The third-order valence-corrected chi connectivity index (χ3v) is 1.68. The van der Waals surface area contributed by atoms with Crippen LogP contribution >= 0.6 is 0 Å². The average Bonchev–Trinajstić information content (AvgIpc) is 2.27. The van der Waals surface area contributed by atoms with Gasteiger partial charge in [-0.05, 0) is 33.3 Å². The first-order chi connectivity index (χ1) is 8.39. The van der Waals surface area contributed by atoms with Crippen LogP contribution in [0.15, 0.2) is 30.3 Å². The quantitative estimate of drug-likeness (QED) is 0.822. The lowest BCUT2D eigenvalue weighted by Crippen LogP contribution is -2.32. The van der Waals surface area contributed by atoms with Crippen LogP contribution in [0, 0.1) is 0 Å². The molecule has 1 aromatic rings. The highest BCUT2D eigenvalue weighted by Gasteiger charge is 2.15. The van der Waals surface area contributed by atoms with Crippen LogP contribution in [0.3, 0.4) is 0 Å². The number of benzene rings is 1. The largest absolute Gasteiger partial charge is 0.444 e. The van der Waals surface area contributed by atoms with Gasteiger partial charge in [0.15, 0.2) is 0 Å². The molecule has 0 aliphatic carbocycles. The molecule has 0 unspecified atom stereocenters. The van der Waals surface area contributed by atoms with E-state index < -0.39 is 5.60 Å². The summed E-state index contributed by atoms with van der Waals surface area (Å²) in [5.41, 5.74) is 0.615. The van der Waals surface area contributed by atoms with Gasteiger partial charge in [-0.15, -0.1) is 0 Å². The first-order valence-corrected chi connectivity index (χ1v) is 5.79. The van der Waals surface area contributed by atoms with Crippen molar-refractivity contribution in [1.29, 1.82) is 0 Å². The highest BCUT2D eigenvalue weighted by molar-refractivity contribution is 5.67. The van der Waals surface area contributed by atoms with Crippen LogP contribution in [0.1, 0.15) is 33.3 Å². The number of rotatable bonds is 2. The van der Waals surface area contributed by atoms with Gasteiger partial charge < -0.3 is 14.8 Å². The van der Waals surface area contributed by atoms with Crippen molar-refractivity contribution >= 4 is 12.4 Å². The Morgan fingerprint density at radius 3 is 2.22 bits per heavy atom. The molecule has 0 spiro atoms. The SMILES string of the molecule is CC(C)(C)OC(=O)NCc1ccccc1.CC=O. The average molecular weight is 251 g/mol. The van der Waals surface area contributed by atoms with Gasteiger partial charge in [0, 0.05) is 6.54 Å². The van der Waals surface area contributed by atoms with Gasteiger partial charge in [-0.2, -0.15) is 0 Å². The lowest BCUT2D eigenvalue weighted by atomic mass is 10.2. The van der Waals surface area contributed by atoms with Crippen molar-refractivity contribution in [3.05, 3.63) is 35.9 Å². The molecule has 1 rings (SSSR count). The number of carbonyl (C=O) groups excluding carboxylic acids is 2. The molecule has 0 aliphatic heterocycles. The summed E-state index contributed by atoms with van der Waals surface area (Å²) in [6.45, 7) is 7.47. The van der Waals surface area contributed by atoms with Crippen molar-refractivity contribution < 1.29 is 14.3 Å². The number of aldehydes is 1. The molecule has 100 valence electrons. The topological polar surface area (TPSA) is 55.4 Å². The molecule has 0 aromatic heterocycles. The molecule has 0 radical (unpaired) electrons. The minimum absolute atomic E-state index is 0.383. The number of amides is 1. The second kappa shape index (κ2) is 8.28. The first-order valence-electron chi connectivity index (χ1n) is 5.79. The van der Waals surface area contributed by atoms with Crippen molar-refractivity contribution in [3.63, 3.8) is 0 Å². The van der Waals surface area contributed by atoms with Crippen molar-refractivity contribution in [3.8, 4) is 0 Å². The van der Waals surface area contributed by atoms with E-state index in [1.165, 1.54) is 6.92 Å². The summed E-state index contributed by atoms with van der Waals surface area (Å²) in [6, 6.07) is 9.73. The zero-order chi connectivity index (χ0) is 14.0. The number of nitrogens with one attached hydrogen (secondary N) is 1. The maximum Gasteiger partial charge on any atom is 0.407 e. The molecule has 0 saturated carbocycles. The highest BCUT2D eigenvalue weighted by Crippen LogP contribution is 2.06. The molecule has 1 N–H and O–H groups in total. The van der Waals surface area contributed by atoms with Gasteiger partial charge in [0.05, 0.1) is 0 Å². The van der Waals surface area contributed by atoms with E-state index in [9.17, 15) is 4.79 Å². The van der Waals surface area contributed by atoms with Crippen LogP contribution in [0.2, 0.25) is 0 Å². The van der Waals surface area contributed by atoms with Crippen molar-refractivity contribution in [2.24, 2.45) is 0 Å². The zero-order valence-electron chi connectivity index (χ0n) is 11.4. The van der Waals surface area contributed by atoms with Crippen molar-refractivity contribution in [2.45, 2.75) is 39.8 Å². The van der Waals surface area contributed by atoms with Gasteiger partial charge in [-0.3, -0.25) is 0 Å². The van der Waals surface area contributed by atoms with Gasteiger partial charge in [-0.1, -0.05) is 30.3 Å².